The maximum atomic E-state index is 11.7. The Morgan fingerprint density at radius 3 is 1.64 bits per heavy atom. The van der Waals surface area contributed by atoms with Crippen molar-refractivity contribution in [2.24, 2.45) is 5.41 Å². The van der Waals surface area contributed by atoms with Crippen molar-refractivity contribution < 1.29 is 29.0 Å². The summed E-state index contributed by atoms with van der Waals surface area (Å²) in [7, 11) is 0. The number of rotatable bonds is 10. The van der Waals surface area contributed by atoms with Gasteiger partial charge >= 0.3 is 17.9 Å². The highest BCUT2D eigenvalue weighted by Gasteiger charge is 2.40. The molecule has 0 aromatic carbocycles. The van der Waals surface area contributed by atoms with E-state index in [2.05, 4.69) is 13.2 Å². The average molecular weight is 312 g/mol. The van der Waals surface area contributed by atoms with Gasteiger partial charge in [0.2, 0.25) is 0 Å². The minimum atomic E-state index is -1.15. The molecule has 0 spiro atoms. The molecule has 6 heteroatoms. The summed E-state index contributed by atoms with van der Waals surface area (Å²) in [6.45, 7) is 11.6. The summed E-state index contributed by atoms with van der Waals surface area (Å²) in [4.78, 5) is 34.1. The normalized spacial score (nSPS) is 15.8. The van der Waals surface area contributed by atoms with Crippen molar-refractivity contribution >= 4 is 17.9 Å². The highest BCUT2D eigenvalue weighted by atomic mass is 16.5. The zero-order valence-corrected chi connectivity index (χ0v) is 13.3. The van der Waals surface area contributed by atoms with Crippen LogP contribution >= 0.6 is 0 Å². The van der Waals surface area contributed by atoms with E-state index in [-0.39, 0.29) is 12.8 Å². The number of hydrogen-bond acceptors (Lipinski definition) is 5. The van der Waals surface area contributed by atoms with Crippen LogP contribution in [0.15, 0.2) is 25.3 Å². The summed E-state index contributed by atoms with van der Waals surface area (Å²) in [5.41, 5.74) is -1.15. The maximum Gasteiger partial charge on any atom is 0.330 e. The fraction of sp³-hybridized carbons (Fsp3) is 0.562. The predicted octanol–water partition coefficient (Wildman–Crippen LogP) is 2.48. The van der Waals surface area contributed by atoms with E-state index in [1.807, 2.05) is 0 Å². The van der Waals surface area contributed by atoms with Crippen molar-refractivity contribution in [1.82, 2.24) is 0 Å². The summed E-state index contributed by atoms with van der Waals surface area (Å²) in [5.74, 6) is -2.22. The largest absolute Gasteiger partial charge is 0.481 e. The molecule has 2 atom stereocenters. The monoisotopic (exact) mass is 312 g/mol. The van der Waals surface area contributed by atoms with Crippen molar-refractivity contribution in [2.75, 3.05) is 0 Å². The van der Waals surface area contributed by atoms with Gasteiger partial charge in [-0.15, -0.1) is 0 Å². The van der Waals surface area contributed by atoms with Crippen LogP contribution in [-0.2, 0) is 23.9 Å². The van der Waals surface area contributed by atoms with Gasteiger partial charge in [0.15, 0.2) is 0 Å². The molecule has 0 aliphatic carbocycles. The molecule has 0 rings (SSSR count). The number of carboxylic acids is 1. The Bertz CT molecular complexity index is 410. The standard InChI is InChI=1S/C16H24O6/c1-6-13(17)21-11(4)9-16(8-3,15(19)20)10-12(5)22-14(18)7-2/h6-7,11-12H,1-2,8-10H2,3-5H3,(H,19,20). The Morgan fingerprint density at radius 2 is 1.41 bits per heavy atom. The van der Waals surface area contributed by atoms with Crippen LogP contribution in [0.3, 0.4) is 0 Å². The average Bonchev–Trinajstić information content (AvgIpc) is 2.45. The Balaban J connectivity index is 5.03. The SMILES string of the molecule is C=CC(=O)OC(C)CC(CC)(CC(C)OC(=O)C=C)C(=O)O. The van der Waals surface area contributed by atoms with Crippen LogP contribution in [0.1, 0.15) is 40.0 Å². The van der Waals surface area contributed by atoms with Gasteiger partial charge in [-0.25, -0.2) is 9.59 Å². The maximum absolute atomic E-state index is 11.7. The summed E-state index contributed by atoms with van der Waals surface area (Å²) < 4.78 is 10.1. The number of carboxylic acid groups (broad SMARTS) is 1. The molecule has 0 aliphatic heterocycles. The van der Waals surface area contributed by atoms with E-state index < -0.39 is 35.5 Å². The van der Waals surface area contributed by atoms with Gasteiger partial charge in [0.05, 0.1) is 5.41 Å². The van der Waals surface area contributed by atoms with E-state index in [0.717, 1.165) is 12.2 Å². The summed E-state index contributed by atoms with van der Waals surface area (Å²) in [6.07, 6.45) is 1.42. The topological polar surface area (TPSA) is 89.9 Å². The lowest BCUT2D eigenvalue weighted by Crippen LogP contribution is -2.38. The van der Waals surface area contributed by atoms with Gasteiger partial charge in [-0.05, 0) is 20.3 Å². The molecule has 0 saturated carbocycles. The van der Waals surface area contributed by atoms with Crippen molar-refractivity contribution in [3.05, 3.63) is 25.3 Å². The first-order valence-corrected chi connectivity index (χ1v) is 7.10. The van der Waals surface area contributed by atoms with E-state index in [1.165, 1.54) is 0 Å². The van der Waals surface area contributed by atoms with Crippen LogP contribution in [-0.4, -0.2) is 35.2 Å². The quantitative estimate of drug-likeness (QED) is 0.492. The van der Waals surface area contributed by atoms with E-state index in [4.69, 9.17) is 9.47 Å². The van der Waals surface area contributed by atoms with Crippen molar-refractivity contribution in [3.63, 3.8) is 0 Å². The van der Waals surface area contributed by atoms with Gasteiger partial charge in [-0.2, -0.15) is 0 Å². The van der Waals surface area contributed by atoms with Gasteiger partial charge < -0.3 is 14.6 Å². The fourth-order valence-corrected chi connectivity index (χ4v) is 2.37. The summed E-state index contributed by atoms with van der Waals surface area (Å²) >= 11 is 0. The molecular weight excluding hydrogens is 288 g/mol. The van der Waals surface area contributed by atoms with Crippen LogP contribution in [0, 0.1) is 5.41 Å². The third kappa shape index (κ3) is 6.11. The molecule has 0 aromatic heterocycles. The summed E-state index contributed by atoms with van der Waals surface area (Å²) in [6, 6.07) is 0. The van der Waals surface area contributed by atoms with Crippen LogP contribution in [0.5, 0.6) is 0 Å². The van der Waals surface area contributed by atoms with Gasteiger partial charge in [-0.3, -0.25) is 4.79 Å². The smallest absolute Gasteiger partial charge is 0.330 e. The molecule has 6 nitrogen and oxygen atoms in total. The van der Waals surface area contributed by atoms with Crippen LogP contribution in [0.25, 0.3) is 0 Å². The number of carbonyl (C=O) groups is 3. The minimum Gasteiger partial charge on any atom is -0.481 e. The van der Waals surface area contributed by atoms with Crippen molar-refractivity contribution in [1.29, 1.82) is 0 Å². The van der Waals surface area contributed by atoms with Crippen molar-refractivity contribution in [2.45, 2.75) is 52.2 Å². The third-order valence-corrected chi connectivity index (χ3v) is 3.45. The van der Waals surface area contributed by atoms with Crippen LogP contribution < -0.4 is 0 Å². The lowest BCUT2D eigenvalue weighted by Gasteiger charge is -2.32. The second kappa shape index (κ2) is 9.02. The molecule has 0 aromatic rings. The van der Waals surface area contributed by atoms with E-state index in [1.54, 1.807) is 20.8 Å². The molecule has 2 unspecified atom stereocenters. The van der Waals surface area contributed by atoms with Gasteiger partial charge in [0.1, 0.15) is 12.2 Å². The predicted molar refractivity (Wildman–Crippen MR) is 81.1 cm³/mol. The number of esters is 2. The molecule has 0 heterocycles. The lowest BCUT2D eigenvalue weighted by molar-refractivity contribution is -0.160. The first kappa shape index (κ1) is 19.9. The lowest BCUT2D eigenvalue weighted by atomic mass is 9.75. The molecule has 0 aliphatic rings. The Hall–Kier alpha value is -2.11. The van der Waals surface area contributed by atoms with E-state index in [0.29, 0.717) is 6.42 Å². The molecule has 1 N–H and O–H groups in total. The Kier molecular flexibility index (Phi) is 8.15. The van der Waals surface area contributed by atoms with Crippen molar-refractivity contribution in [3.8, 4) is 0 Å². The fourth-order valence-electron chi connectivity index (χ4n) is 2.37. The first-order valence-electron chi connectivity index (χ1n) is 7.10. The van der Waals surface area contributed by atoms with Gasteiger partial charge in [0, 0.05) is 25.0 Å². The Morgan fingerprint density at radius 1 is 1.05 bits per heavy atom. The Labute approximate surface area is 130 Å². The second-order valence-corrected chi connectivity index (χ2v) is 5.25. The molecule has 0 radical (unpaired) electrons. The minimum absolute atomic E-state index is 0.119. The summed E-state index contributed by atoms with van der Waals surface area (Å²) in [5, 5.41) is 9.58. The molecule has 0 saturated heterocycles. The van der Waals surface area contributed by atoms with Crippen LogP contribution in [0.4, 0.5) is 0 Å². The second-order valence-electron chi connectivity index (χ2n) is 5.25. The number of hydrogen-bond donors (Lipinski definition) is 1. The number of carbonyl (C=O) groups excluding carboxylic acids is 2. The molecule has 0 amide bonds. The molecule has 22 heavy (non-hydrogen) atoms. The molecule has 124 valence electrons. The van der Waals surface area contributed by atoms with Crippen LogP contribution in [0.2, 0.25) is 0 Å². The third-order valence-electron chi connectivity index (χ3n) is 3.45. The molecule has 0 fully saturated rings. The first-order chi connectivity index (χ1) is 10.2. The van der Waals surface area contributed by atoms with Gasteiger partial charge in [0.25, 0.3) is 0 Å². The molecule has 0 bridgehead atoms. The van der Waals surface area contributed by atoms with E-state index in [9.17, 15) is 19.5 Å². The number of ether oxygens (including phenoxy) is 2. The van der Waals surface area contributed by atoms with E-state index >= 15 is 0 Å². The highest BCUT2D eigenvalue weighted by molar-refractivity contribution is 5.82. The van der Waals surface area contributed by atoms with Gasteiger partial charge in [-0.1, -0.05) is 20.1 Å². The highest BCUT2D eigenvalue weighted by Crippen LogP contribution is 2.35. The zero-order chi connectivity index (χ0) is 17.3. The zero-order valence-electron chi connectivity index (χ0n) is 13.3. The number of aliphatic carboxylic acids is 1. The molecular formula is C16H24O6.